The number of hydrogen-bond acceptors (Lipinski definition) is 4. The van der Waals surface area contributed by atoms with Gasteiger partial charge in [0.2, 0.25) is 0 Å². The third kappa shape index (κ3) is 2.86. The van der Waals surface area contributed by atoms with Crippen molar-refractivity contribution >= 4 is 45.0 Å². The van der Waals surface area contributed by atoms with E-state index in [9.17, 15) is 18.4 Å². The Bertz CT molecular complexity index is 1170. The molecule has 0 saturated carbocycles. The van der Waals surface area contributed by atoms with E-state index in [4.69, 9.17) is 16.3 Å². The summed E-state index contributed by atoms with van der Waals surface area (Å²) < 4.78 is 33.8. The number of rotatable bonds is 2. The van der Waals surface area contributed by atoms with E-state index in [2.05, 4.69) is 5.32 Å². The summed E-state index contributed by atoms with van der Waals surface area (Å²) >= 11 is 7.61. The van der Waals surface area contributed by atoms with Gasteiger partial charge in [-0.1, -0.05) is 29.8 Å². The zero-order chi connectivity index (χ0) is 20.3. The molecular formula is C20H13ClF2N2O3S. The molecule has 148 valence electrons. The van der Waals surface area contributed by atoms with Crippen molar-refractivity contribution in [3.63, 3.8) is 0 Å². The number of carbonyl (C=O) groups excluding carboxylic acids is 2. The molecule has 29 heavy (non-hydrogen) atoms. The van der Waals surface area contributed by atoms with Gasteiger partial charge in [0.15, 0.2) is 0 Å². The maximum absolute atomic E-state index is 14.1. The number of carbonyl (C=O) groups is 2. The smallest absolute Gasteiger partial charge is 0.407 e. The summed E-state index contributed by atoms with van der Waals surface area (Å²) in [7, 11) is 0. The van der Waals surface area contributed by atoms with Gasteiger partial charge in [-0.2, -0.15) is 0 Å². The maximum atomic E-state index is 14.1. The van der Waals surface area contributed by atoms with Gasteiger partial charge in [-0.25, -0.2) is 13.6 Å². The predicted molar refractivity (Wildman–Crippen MR) is 105 cm³/mol. The van der Waals surface area contributed by atoms with Crippen LogP contribution in [0.4, 0.5) is 13.6 Å². The highest BCUT2D eigenvalue weighted by molar-refractivity contribution is 7.21. The molecule has 3 heterocycles. The Labute approximate surface area is 172 Å². The van der Waals surface area contributed by atoms with Gasteiger partial charge in [0.1, 0.15) is 28.7 Å². The number of thiophene rings is 1. The summed E-state index contributed by atoms with van der Waals surface area (Å²) in [4.78, 5) is 26.1. The van der Waals surface area contributed by atoms with E-state index in [-0.39, 0.29) is 18.1 Å². The minimum Gasteiger partial charge on any atom is -0.447 e. The number of nitrogens with zero attached hydrogens (tertiary/aromatic N) is 1. The minimum atomic E-state index is -0.657. The van der Waals surface area contributed by atoms with E-state index in [0.29, 0.717) is 38.6 Å². The second kappa shape index (κ2) is 6.40. The lowest BCUT2D eigenvalue weighted by Gasteiger charge is -2.45. The first-order valence-corrected chi connectivity index (χ1v) is 9.97. The third-order valence-corrected chi connectivity index (χ3v) is 6.84. The fourth-order valence-electron chi connectivity index (χ4n) is 3.77. The fraction of sp³-hybridized carbons (Fsp3) is 0.200. The highest BCUT2D eigenvalue weighted by Crippen LogP contribution is 2.40. The van der Waals surface area contributed by atoms with Gasteiger partial charge in [0.25, 0.3) is 5.91 Å². The number of likely N-dealkylation sites (tertiary alicyclic amines) is 1. The van der Waals surface area contributed by atoms with Crippen LogP contribution >= 0.6 is 22.9 Å². The number of cyclic esters (lactones) is 1. The fourth-order valence-corrected chi connectivity index (χ4v) is 5.29. The molecule has 2 aromatic carbocycles. The molecule has 2 aliphatic rings. The molecule has 2 aliphatic heterocycles. The van der Waals surface area contributed by atoms with Gasteiger partial charge in [-0.3, -0.25) is 4.79 Å². The quantitative estimate of drug-likeness (QED) is 0.649. The summed E-state index contributed by atoms with van der Waals surface area (Å²) in [5, 5.41) is 3.68. The molecule has 1 spiro atoms. The lowest BCUT2D eigenvalue weighted by atomic mass is 9.91. The number of benzene rings is 2. The number of nitrogens with one attached hydrogen (secondary N) is 1. The highest BCUT2D eigenvalue weighted by Gasteiger charge is 2.51. The van der Waals surface area contributed by atoms with Crippen LogP contribution in [0.5, 0.6) is 0 Å². The van der Waals surface area contributed by atoms with Gasteiger partial charge >= 0.3 is 6.09 Å². The molecule has 1 aromatic heterocycles. The zero-order valence-corrected chi connectivity index (χ0v) is 16.4. The molecule has 5 rings (SSSR count). The standard InChI is InChI=1S/C20H13ClF2N2O3S/c21-16-11-5-4-10(15-12(22)2-1-3-13(15)23)6-14(11)29-17(16)18(26)25-7-20(8-25)9-28-19(27)24-20/h1-6H,7-9H2,(H,24,27). The van der Waals surface area contributed by atoms with Crippen molar-refractivity contribution in [2.24, 2.45) is 0 Å². The molecule has 2 saturated heterocycles. The van der Waals surface area contributed by atoms with E-state index < -0.39 is 23.3 Å². The Hall–Kier alpha value is -2.71. The van der Waals surface area contributed by atoms with Crippen molar-refractivity contribution in [3.05, 3.63) is 57.9 Å². The third-order valence-electron chi connectivity index (χ3n) is 5.20. The topological polar surface area (TPSA) is 58.6 Å². The number of fused-ring (bicyclic) bond motifs is 1. The Kier molecular flexibility index (Phi) is 4.04. The van der Waals surface area contributed by atoms with Crippen molar-refractivity contribution in [1.82, 2.24) is 10.2 Å². The van der Waals surface area contributed by atoms with Crippen LogP contribution in [0.1, 0.15) is 9.67 Å². The normalized spacial score (nSPS) is 17.3. The second-order valence-corrected chi connectivity index (χ2v) is 8.63. The molecule has 3 aromatic rings. The number of halogens is 3. The molecule has 0 unspecified atom stereocenters. The van der Waals surface area contributed by atoms with E-state index in [1.54, 1.807) is 23.1 Å². The van der Waals surface area contributed by atoms with Crippen LogP contribution in [0.25, 0.3) is 21.2 Å². The first-order valence-electron chi connectivity index (χ1n) is 8.78. The van der Waals surface area contributed by atoms with Crippen molar-refractivity contribution in [2.75, 3.05) is 19.7 Å². The average molecular weight is 435 g/mol. The largest absolute Gasteiger partial charge is 0.447 e. The molecule has 1 N–H and O–H groups in total. The maximum Gasteiger partial charge on any atom is 0.407 e. The number of alkyl carbamates (subject to hydrolysis) is 1. The Morgan fingerprint density at radius 1 is 1.21 bits per heavy atom. The predicted octanol–water partition coefficient (Wildman–Crippen LogP) is 4.43. The van der Waals surface area contributed by atoms with E-state index in [1.165, 1.54) is 29.5 Å². The SMILES string of the molecule is O=C1NC2(CO1)CN(C(=O)c1sc3cc(-c4c(F)cccc4F)ccc3c1Cl)C2. The molecule has 2 fully saturated rings. The van der Waals surface area contributed by atoms with Crippen LogP contribution in [0.3, 0.4) is 0 Å². The van der Waals surface area contributed by atoms with Crippen LogP contribution in [0, 0.1) is 11.6 Å². The van der Waals surface area contributed by atoms with Crippen LogP contribution < -0.4 is 5.32 Å². The molecular weight excluding hydrogens is 422 g/mol. The van der Waals surface area contributed by atoms with Gasteiger partial charge in [-0.15, -0.1) is 11.3 Å². The molecule has 5 nitrogen and oxygen atoms in total. The first-order chi connectivity index (χ1) is 13.9. The van der Waals surface area contributed by atoms with E-state index >= 15 is 0 Å². The molecule has 0 aliphatic carbocycles. The summed E-state index contributed by atoms with van der Waals surface area (Å²) in [5.41, 5.74) is -0.266. The second-order valence-electron chi connectivity index (χ2n) is 7.20. The van der Waals surface area contributed by atoms with Crippen LogP contribution in [-0.4, -0.2) is 42.1 Å². The monoisotopic (exact) mass is 434 g/mol. The van der Waals surface area contributed by atoms with Gasteiger partial charge in [0.05, 0.1) is 10.6 Å². The van der Waals surface area contributed by atoms with Crippen LogP contribution in [-0.2, 0) is 4.74 Å². The van der Waals surface area contributed by atoms with Crippen LogP contribution in [0.15, 0.2) is 36.4 Å². The summed E-state index contributed by atoms with van der Waals surface area (Å²) in [6, 6.07) is 8.58. The van der Waals surface area contributed by atoms with Crippen molar-refractivity contribution in [2.45, 2.75) is 5.54 Å². The van der Waals surface area contributed by atoms with Gasteiger partial charge in [-0.05, 0) is 23.8 Å². The Balaban J connectivity index is 1.46. The van der Waals surface area contributed by atoms with Gasteiger partial charge in [0, 0.05) is 23.2 Å². The van der Waals surface area contributed by atoms with Crippen LogP contribution in [0.2, 0.25) is 5.02 Å². The summed E-state index contributed by atoms with van der Waals surface area (Å²) in [6.45, 7) is 0.912. The number of ether oxygens (including phenoxy) is 1. The molecule has 9 heteroatoms. The van der Waals surface area contributed by atoms with Gasteiger partial charge < -0.3 is 15.0 Å². The summed E-state index contributed by atoms with van der Waals surface area (Å²) in [5.74, 6) is -1.56. The van der Waals surface area contributed by atoms with E-state index in [1.807, 2.05) is 0 Å². The Morgan fingerprint density at radius 2 is 1.93 bits per heavy atom. The Morgan fingerprint density at radius 3 is 2.59 bits per heavy atom. The van der Waals surface area contributed by atoms with Crippen molar-refractivity contribution < 1.29 is 23.1 Å². The highest BCUT2D eigenvalue weighted by atomic mass is 35.5. The molecule has 2 amide bonds. The summed E-state index contributed by atoms with van der Waals surface area (Å²) in [6.07, 6.45) is -0.482. The molecule has 0 radical (unpaired) electrons. The minimum absolute atomic E-state index is 0.117. The molecule has 0 atom stereocenters. The number of amides is 2. The number of hydrogen-bond donors (Lipinski definition) is 1. The first kappa shape index (κ1) is 18.3. The van der Waals surface area contributed by atoms with Crippen molar-refractivity contribution in [1.29, 1.82) is 0 Å². The molecule has 0 bridgehead atoms. The lowest BCUT2D eigenvalue weighted by Crippen LogP contribution is -2.69. The lowest BCUT2D eigenvalue weighted by molar-refractivity contribution is 0.0322. The van der Waals surface area contributed by atoms with Crippen molar-refractivity contribution in [3.8, 4) is 11.1 Å². The van der Waals surface area contributed by atoms with E-state index in [0.717, 1.165) is 0 Å². The average Bonchev–Trinajstić information content (AvgIpc) is 3.20. The zero-order valence-electron chi connectivity index (χ0n) is 14.8.